The van der Waals surface area contributed by atoms with Gasteiger partial charge in [0, 0.05) is 13.1 Å². The zero-order chi connectivity index (χ0) is 12.5. The first-order chi connectivity index (χ1) is 8.07. The van der Waals surface area contributed by atoms with Crippen molar-refractivity contribution in [2.24, 2.45) is 11.1 Å². The van der Waals surface area contributed by atoms with Crippen molar-refractivity contribution in [3.8, 4) is 0 Å². The van der Waals surface area contributed by atoms with Crippen molar-refractivity contribution in [2.75, 3.05) is 6.54 Å². The highest BCUT2D eigenvalue weighted by atomic mass is 16.2. The van der Waals surface area contributed by atoms with Gasteiger partial charge in [0.2, 0.25) is 5.91 Å². The van der Waals surface area contributed by atoms with Gasteiger partial charge < -0.3 is 11.1 Å². The summed E-state index contributed by atoms with van der Waals surface area (Å²) in [5.41, 5.74) is 9.03. The Morgan fingerprint density at radius 3 is 2.65 bits per heavy atom. The molecule has 92 valence electrons. The van der Waals surface area contributed by atoms with Crippen molar-refractivity contribution in [3.63, 3.8) is 0 Å². The molecule has 0 spiro atoms. The van der Waals surface area contributed by atoms with Crippen LogP contribution in [-0.2, 0) is 11.3 Å². The zero-order valence-electron chi connectivity index (χ0n) is 10.5. The quantitative estimate of drug-likeness (QED) is 0.829. The fourth-order valence-electron chi connectivity index (χ4n) is 2.08. The van der Waals surface area contributed by atoms with Gasteiger partial charge in [0.1, 0.15) is 0 Å². The number of amides is 1. The normalized spacial score (nSPS) is 16.6. The van der Waals surface area contributed by atoms with Crippen molar-refractivity contribution < 1.29 is 4.79 Å². The predicted molar refractivity (Wildman–Crippen MR) is 68.5 cm³/mol. The molecule has 1 aromatic rings. The molecule has 0 bridgehead atoms. The van der Waals surface area contributed by atoms with Crippen LogP contribution < -0.4 is 11.1 Å². The first-order valence-electron chi connectivity index (χ1n) is 6.12. The standard InChI is InChI=1S/C14H20N2O/c1-10-3-4-12(11(2)7-10)8-16-13(17)14(9-15)5-6-14/h3-4,7H,5-6,8-9,15H2,1-2H3,(H,16,17). The van der Waals surface area contributed by atoms with Crippen LogP contribution in [0.15, 0.2) is 18.2 Å². The fraction of sp³-hybridized carbons (Fsp3) is 0.500. The SMILES string of the molecule is Cc1ccc(CNC(=O)C2(CN)CC2)c(C)c1. The van der Waals surface area contributed by atoms with E-state index in [-0.39, 0.29) is 11.3 Å². The fourth-order valence-corrected chi connectivity index (χ4v) is 2.08. The van der Waals surface area contributed by atoms with Crippen molar-refractivity contribution in [3.05, 3.63) is 34.9 Å². The lowest BCUT2D eigenvalue weighted by Gasteiger charge is -2.14. The molecule has 1 fully saturated rings. The number of nitrogens with two attached hydrogens (primary N) is 1. The van der Waals surface area contributed by atoms with Crippen LogP contribution in [0.25, 0.3) is 0 Å². The molecule has 2 rings (SSSR count). The number of nitrogens with one attached hydrogen (secondary N) is 1. The zero-order valence-corrected chi connectivity index (χ0v) is 10.5. The third kappa shape index (κ3) is 2.50. The molecule has 0 aromatic heterocycles. The highest BCUT2D eigenvalue weighted by Gasteiger charge is 2.48. The van der Waals surface area contributed by atoms with Crippen molar-refractivity contribution >= 4 is 5.91 Å². The molecule has 0 aliphatic heterocycles. The number of hydrogen-bond acceptors (Lipinski definition) is 2. The Morgan fingerprint density at radius 1 is 1.41 bits per heavy atom. The Bertz CT molecular complexity index is 436. The molecule has 0 radical (unpaired) electrons. The lowest BCUT2D eigenvalue weighted by atomic mass is 10.0. The summed E-state index contributed by atoms with van der Waals surface area (Å²) in [5, 5.41) is 2.99. The van der Waals surface area contributed by atoms with E-state index in [4.69, 9.17) is 5.73 Å². The smallest absolute Gasteiger partial charge is 0.227 e. The molecule has 1 saturated carbocycles. The van der Waals surface area contributed by atoms with E-state index in [0.717, 1.165) is 12.8 Å². The number of carbonyl (C=O) groups is 1. The topological polar surface area (TPSA) is 55.1 Å². The molecule has 3 nitrogen and oxygen atoms in total. The average molecular weight is 232 g/mol. The largest absolute Gasteiger partial charge is 0.351 e. The molecule has 0 saturated heterocycles. The van der Waals surface area contributed by atoms with Crippen molar-refractivity contribution in [2.45, 2.75) is 33.2 Å². The molecule has 0 unspecified atom stereocenters. The Balaban J connectivity index is 1.96. The first kappa shape index (κ1) is 12.1. The molecule has 0 atom stereocenters. The van der Waals surface area contributed by atoms with Crippen LogP contribution in [0.4, 0.5) is 0 Å². The minimum absolute atomic E-state index is 0.111. The maximum atomic E-state index is 11.9. The number of aryl methyl sites for hydroxylation is 2. The summed E-state index contributed by atoms with van der Waals surface area (Å²) in [4.78, 5) is 11.9. The van der Waals surface area contributed by atoms with Crippen LogP contribution in [0.1, 0.15) is 29.5 Å². The highest BCUT2D eigenvalue weighted by Crippen LogP contribution is 2.44. The van der Waals surface area contributed by atoms with E-state index >= 15 is 0 Å². The third-order valence-corrected chi connectivity index (χ3v) is 3.66. The minimum Gasteiger partial charge on any atom is -0.351 e. The summed E-state index contributed by atoms with van der Waals surface area (Å²) in [6.07, 6.45) is 1.87. The summed E-state index contributed by atoms with van der Waals surface area (Å²) in [5.74, 6) is 0.111. The van der Waals surface area contributed by atoms with Gasteiger partial charge in [-0.25, -0.2) is 0 Å². The monoisotopic (exact) mass is 232 g/mol. The molecule has 1 aliphatic carbocycles. The molecule has 1 aromatic carbocycles. The van der Waals surface area contributed by atoms with Gasteiger partial charge in [0.15, 0.2) is 0 Å². The van der Waals surface area contributed by atoms with Gasteiger partial charge in [0.25, 0.3) is 0 Å². The Labute approximate surface area is 102 Å². The average Bonchev–Trinajstić information content (AvgIpc) is 3.08. The van der Waals surface area contributed by atoms with Gasteiger partial charge in [-0.3, -0.25) is 4.79 Å². The van der Waals surface area contributed by atoms with Crippen LogP contribution in [0.2, 0.25) is 0 Å². The van der Waals surface area contributed by atoms with Gasteiger partial charge in [-0.2, -0.15) is 0 Å². The maximum absolute atomic E-state index is 11.9. The Morgan fingerprint density at radius 2 is 2.12 bits per heavy atom. The van der Waals surface area contributed by atoms with E-state index < -0.39 is 0 Å². The molecule has 3 N–H and O–H groups in total. The minimum atomic E-state index is -0.251. The number of hydrogen-bond donors (Lipinski definition) is 2. The van der Waals surface area contributed by atoms with Crippen LogP contribution in [0.3, 0.4) is 0 Å². The number of benzene rings is 1. The molecule has 17 heavy (non-hydrogen) atoms. The lowest BCUT2D eigenvalue weighted by molar-refractivity contribution is -0.126. The molecule has 3 heteroatoms. The van der Waals surface area contributed by atoms with Gasteiger partial charge in [-0.05, 0) is 37.8 Å². The summed E-state index contributed by atoms with van der Waals surface area (Å²) >= 11 is 0. The van der Waals surface area contributed by atoms with E-state index in [2.05, 4.69) is 37.4 Å². The van der Waals surface area contributed by atoms with E-state index in [1.165, 1.54) is 16.7 Å². The second-order valence-corrected chi connectivity index (χ2v) is 5.10. The lowest BCUT2D eigenvalue weighted by Crippen LogP contribution is -2.36. The van der Waals surface area contributed by atoms with Gasteiger partial charge in [0.05, 0.1) is 5.41 Å². The van der Waals surface area contributed by atoms with E-state index in [1.807, 2.05) is 0 Å². The van der Waals surface area contributed by atoms with Crippen LogP contribution in [0, 0.1) is 19.3 Å². The predicted octanol–water partition coefficient (Wildman–Crippen LogP) is 1.66. The second kappa shape index (κ2) is 4.49. The Hall–Kier alpha value is -1.35. The Kier molecular flexibility index (Phi) is 3.20. The molecular formula is C14H20N2O. The summed E-state index contributed by atoms with van der Waals surface area (Å²) in [6.45, 7) is 5.21. The van der Waals surface area contributed by atoms with Gasteiger partial charge in [-0.1, -0.05) is 23.8 Å². The molecule has 1 amide bonds. The van der Waals surface area contributed by atoms with Crippen LogP contribution >= 0.6 is 0 Å². The van der Waals surface area contributed by atoms with Crippen LogP contribution in [0.5, 0.6) is 0 Å². The highest BCUT2D eigenvalue weighted by molar-refractivity contribution is 5.85. The van der Waals surface area contributed by atoms with Gasteiger partial charge >= 0.3 is 0 Å². The van der Waals surface area contributed by atoms with E-state index in [0.29, 0.717) is 13.1 Å². The van der Waals surface area contributed by atoms with Crippen molar-refractivity contribution in [1.82, 2.24) is 5.32 Å². The summed E-state index contributed by atoms with van der Waals surface area (Å²) in [7, 11) is 0. The first-order valence-corrected chi connectivity index (χ1v) is 6.12. The molecular weight excluding hydrogens is 212 g/mol. The second-order valence-electron chi connectivity index (χ2n) is 5.10. The van der Waals surface area contributed by atoms with E-state index in [9.17, 15) is 4.79 Å². The van der Waals surface area contributed by atoms with Crippen molar-refractivity contribution in [1.29, 1.82) is 0 Å². The summed E-state index contributed by atoms with van der Waals surface area (Å²) in [6, 6.07) is 6.29. The molecule has 0 heterocycles. The number of rotatable bonds is 4. The maximum Gasteiger partial charge on any atom is 0.227 e. The number of carbonyl (C=O) groups excluding carboxylic acids is 1. The van der Waals surface area contributed by atoms with Gasteiger partial charge in [-0.15, -0.1) is 0 Å². The molecule has 1 aliphatic rings. The van der Waals surface area contributed by atoms with Crippen LogP contribution in [-0.4, -0.2) is 12.5 Å². The van der Waals surface area contributed by atoms with E-state index in [1.54, 1.807) is 0 Å². The summed E-state index contributed by atoms with van der Waals surface area (Å²) < 4.78 is 0. The third-order valence-electron chi connectivity index (χ3n) is 3.66.